The number of rotatable bonds is 6. The van der Waals surface area contributed by atoms with Crippen LogP contribution in [0, 0.1) is 20.8 Å². The maximum absolute atomic E-state index is 12.7. The second-order valence-corrected chi connectivity index (χ2v) is 8.28. The van der Waals surface area contributed by atoms with Crippen molar-refractivity contribution >= 4 is 21.6 Å². The second-order valence-electron chi connectivity index (χ2n) is 6.16. The van der Waals surface area contributed by atoms with E-state index in [1.807, 2.05) is 40.7 Å². The number of hydrogen-bond acceptors (Lipinski definition) is 3. The third kappa shape index (κ3) is 4.54. The Morgan fingerprint density at radius 3 is 2.32 bits per heavy atom. The monoisotopic (exact) mass is 381 g/mol. The largest absolute Gasteiger partial charge is 0.492 e. The average Bonchev–Trinajstić information content (AvgIpc) is 2.52. The van der Waals surface area contributed by atoms with E-state index in [-0.39, 0.29) is 16.0 Å². The molecule has 0 amide bonds. The summed E-state index contributed by atoms with van der Waals surface area (Å²) in [4.78, 5) is 0.120. The Kier molecular flexibility index (Phi) is 6.14. The predicted octanol–water partition coefficient (Wildman–Crippen LogP) is 4.70. The normalized spacial score (nSPS) is 12.9. The third-order valence-corrected chi connectivity index (χ3v) is 6.03. The van der Waals surface area contributed by atoms with Gasteiger partial charge in [-0.25, -0.2) is 13.1 Å². The Morgan fingerprint density at radius 1 is 1.08 bits per heavy atom. The van der Waals surface area contributed by atoms with Crippen LogP contribution >= 0.6 is 11.6 Å². The van der Waals surface area contributed by atoms with E-state index in [4.69, 9.17) is 16.3 Å². The van der Waals surface area contributed by atoms with Gasteiger partial charge in [0.1, 0.15) is 5.75 Å². The van der Waals surface area contributed by atoms with Crippen LogP contribution in [0.25, 0.3) is 0 Å². The SMILES string of the molecule is CCOc1ccc(S(=O)(=O)N[C@@H](C)c2cc(C)c(C)cc2C)cc1Cl. The Labute approximate surface area is 155 Å². The van der Waals surface area contributed by atoms with Crippen molar-refractivity contribution in [2.45, 2.75) is 45.6 Å². The summed E-state index contributed by atoms with van der Waals surface area (Å²) in [5.74, 6) is 0.473. The van der Waals surface area contributed by atoms with Crippen molar-refractivity contribution in [2.24, 2.45) is 0 Å². The highest BCUT2D eigenvalue weighted by Gasteiger charge is 2.21. The molecule has 0 unspecified atom stereocenters. The molecule has 2 rings (SSSR count). The number of ether oxygens (including phenoxy) is 1. The van der Waals surface area contributed by atoms with Gasteiger partial charge in [-0.05, 0) is 75.1 Å². The Balaban J connectivity index is 2.29. The highest BCUT2D eigenvalue weighted by atomic mass is 35.5. The van der Waals surface area contributed by atoms with Gasteiger partial charge in [0, 0.05) is 6.04 Å². The number of nitrogens with one attached hydrogen (secondary N) is 1. The van der Waals surface area contributed by atoms with Crippen LogP contribution in [0.1, 0.15) is 42.1 Å². The fourth-order valence-electron chi connectivity index (χ4n) is 2.73. The summed E-state index contributed by atoms with van der Waals surface area (Å²) in [5, 5.41) is 0.278. The smallest absolute Gasteiger partial charge is 0.241 e. The van der Waals surface area contributed by atoms with Crippen LogP contribution in [0.15, 0.2) is 35.2 Å². The molecule has 0 aromatic heterocycles. The molecule has 0 saturated heterocycles. The van der Waals surface area contributed by atoms with Crippen LogP contribution in [-0.2, 0) is 10.0 Å². The number of sulfonamides is 1. The zero-order valence-corrected chi connectivity index (χ0v) is 16.8. The lowest BCUT2D eigenvalue weighted by Gasteiger charge is -2.19. The highest BCUT2D eigenvalue weighted by Crippen LogP contribution is 2.29. The first kappa shape index (κ1) is 19.8. The number of aryl methyl sites for hydroxylation is 3. The first-order chi connectivity index (χ1) is 11.7. The minimum Gasteiger partial charge on any atom is -0.492 e. The van der Waals surface area contributed by atoms with Crippen molar-refractivity contribution < 1.29 is 13.2 Å². The van der Waals surface area contributed by atoms with Gasteiger partial charge in [-0.1, -0.05) is 23.7 Å². The zero-order valence-electron chi connectivity index (χ0n) is 15.2. The van der Waals surface area contributed by atoms with Crippen LogP contribution < -0.4 is 9.46 Å². The number of benzene rings is 2. The van der Waals surface area contributed by atoms with E-state index in [1.54, 1.807) is 6.07 Å². The maximum Gasteiger partial charge on any atom is 0.241 e. The molecule has 6 heteroatoms. The third-order valence-electron chi connectivity index (χ3n) is 4.19. The maximum atomic E-state index is 12.7. The average molecular weight is 382 g/mol. The van der Waals surface area contributed by atoms with Crippen molar-refractivity contribution in [2.75, 3.05) is 6.61 Å². The van der Waals surface area contributed by atoms with Gasteiger partial charge < -0.3 is 4.74 Å². The molecular weight excluding hydrogens is 358 g/mol. The van der Waals surface area contributed by atoms with Crippen LogP contribution in [0.4, 0.5) is 0 Å². The minimum atomic E-state index is -3.69. The lowest BCUT2D eigenvalue weighted by atomic mass is 9.97. The molecule has 25 heavy (non-hydrogen) atoms. The van der Waals surface area contributed by atoms with E-state index >= 15 is 0 Å². The fourth-order valence-corrected chi connectivity index (χ4v) is 4.28. The van der Waals surface area contributed by atoms with Gasteiger partial charge in [0.2, 0.25) is 10.0 Å². The number of halogens is 1. The summed E-state index contributed by atoms with van der Waals surface area (Å²) >= 11 is 6.11. The minimum absolute atomic E-state index is 0.120. The molecule has 0 radical (unpaired) electrons. The predicted molar refractivity (Wildman–Crippen MR) is 102 cm³/mol. The molecule has 2 aromatic rings. The van der Waals surface area contributed by atoms with Crippen molar-refractivity contribution in [3.63, 3.8) is 0 Å². The summed E-state index contributed by atoms with van der Waals surface area (Å²) in [6.45, 7) is 10.2. The molecule has 0 aliphatic heterocycles. The molecule has 136 valence electrons. The Morgan fingerprint density at radius 2 is 1.72 bits per heavy atom. The van der Waals surface area contributed by atoms with Crippen molar-refractivity contribution in [3.05, 3.63) is 57.6 Å². The van der Waals surface area contributed by atoms with Crippen molar-refractivity contribution in [3.8, 4) is 5.75 Å². The summed E-state index contributed by atoms with van der Waals surface area (Å²) in [7, 11) is -3.69. The van der Waals surface area contributed by atoms with Gasteiger partial charge in [0.15, 0.2) is 0 Å². The van der Waals surface area contributed by atoms with Crippen LogP contribution in [0.2, 0.25) is 5.02 Å². The molecule has 1 N–H and O–H groups in total. The van der Waals surface area contributed by atoms with E-state index in [9.17, 15) is 8.42 Å². The van der Waals surface area contributed by atoms with E-state index in [1.165, 1.54) is 17.7 Å². The molecule has 2 aromatic carbocycles. The summed E-state index contributed by atoms with van der Waals surface area (Å²) in [5.41, 5.74) is 4.34. The summed E-state index contributed by atoms with van der Waals surface area (Å²) < 4.78 is 33.5. The molecule has 0 saturated carbocycles. The van der Waals surface area contributed by atoms with Crippen LogP contribution in [0.5, 0.6) is 5.75 Å². The topological polar surface area (TPSA) is 55.4 Å². The van der Waals surface area contributed by atoms with Crippen molar-refractivity contribution in [1.82, 2.24) is 4.72 Å². The van der Waals surface area contributed by atoms with Gasteiger partial charge in [-0.2, -0.15) is 0 Å². The molecule has 0 bridgehead atoms. The molecule has 0 aliphatic rings. The van der Waals surface area contributed by atoms with Gasteiger partial charge in [0.05, 0.1) is 16.5 Å². The Hall–Kier alpha value is -1.56. The molecule has 0 aliphatic carbocycles. The lowest BCUT2D eigenvalue weighted by Crippen LogP contribution is -2.27. The van der Waals surface area contributed by atoms with Gasteiger partial charge in [-0.15, -0.1) is 0 Å². The molecule has 0 spiro atoms. The first-order valence-corrected chi connectivity index (χ1v) is 10.0. The molecule has 1 atom stereocenters. The summed E-state index contributed by atoms with van der Waals surface area (Å²) in [6.07, 6.45) is 0. The zero-order chi connectivity index (χ0) is 18.8. The van der Waals surface area contributed by atoms with Gasteiger partial charge in [0.25, 0.3) is 0 Å². The fraction of sp³-hybridized carbons (Fsp3) is 0.368. The van der Waals surface area contributed by atoms with E-state index in [2.05, 4.69) is 10.8 Å². The quantitative estimate of drug-likeness (QED) is 0.788. The number of hydrogen-bond donors (Lipinski definition) is 1. The Bertz CT molecular complexity index is 878. The van der Waals surface area contributed by atoms with E-state index < -0.39 is 10.0 Å². The lowest BCUT2D eigenvalue weighted by molar-refractivity contribution is 0.340. The standard InChI is InChI=1S/C19H24ClNO3S/c1-6-24-19-8-7-16(11-18(19)20)25(22,23)21-15(5)17-10-13(3)12(2)9-14(17)4/h7-11,15,21H,6H2,1-5H3/t15-/m0/s1. The molecular formula is C19H24ClNO3S. The molecule has 4 nitrogen and oxygen atoms in total. The highest BCUT2D eigenvalue weighted by molar-refractivity contribution is 7.89. The summed E-state index contributed by atoms with van der Waals surface area (Å²) in [6, 6.07) is 8.24. The second kappa shape index (κ2) is 7.77. The molecule has 0 heterocycles. The van der Waals surface area contributed by atoms with Crippen molar-refractivity contribution in [1.29, 1.82) is 0 Å². The van der Waals surface area contributed by atoms with Gasteiger partial charge >= 0.3 is 0 Å². The van der Waals surface area contributed by atoms with E-state index in [0.29, 0.717) is 12.4 Å². The molecule has 0 fully saturated rings. The van der Waals surface area contributed by atoms with Crippen LogP contribution in [0.3, 0.4) is 0 Å². The van der Waals surface area contributed by atoms with Gasteiger partial charge in [-0.3, -0.25) is 0 Å². The van der Waals surface area contributed by atoms with Crippen LogP contribution in [-0.4, -0.2) is 15.0 Å². The first-order valence-electron chi connectivity index (χ1n) is 8.18. The van der Waals surface area contributed by atoms with E-state index in [0.717, 1.165) is 16.7 Å².